The molecule has 1 nitrogen and oxygen atoms in total. The molecule has 2 aliphatic rings. The van der Waals surface area contributed by atoms with Crippen LogP contribution in [0, 0.1) is 0 Å². The largest absolute Gasteiger partial charge is 0.197 e. The van der Waals surface area contributed by atoms with Gasteiger partial charge in [-0.05, 0) is 18.4 Å². The summed E-state index contributed by atoms with van der Waals surface area (Å²) in [4.78, 5) is 0. The fourth-order valence-electron chi connectivity index (χ4n) is 4.18. The third-order valence-electron chi connectivity index (χ3n) is 5.01. The number of pyridine rings is 1. The first-order chi connectivity index (χ1) is 9.40. The third-order valence-corrected chi connectivity index (χ3v) is 5.01. The summed E-state index contributed by atoms with van der Waals surface area (Å²) in [6, 6.07) is 15.8. The normalized spacial score (nSPS) is 19.8. The molecule has 0 bridgehead atoms. The van der Waals surface area contributed by atoms with Gasteiger partial charge < -0.3 is 0 Å². The Morgan fingerprint density at radius 2 is 1.63 bits per heavy atom. The molecule has 0 N–H and O–H groups in total. The maximum atomic E-state index is 2.47. The van der Waals surface area contributed by atoms with Crippen LogP contribution in [0.4, 0.5) is 0 Å². The predicted octanol–water partition coefficient (Wildman–Crippen LogP) is 3.59. The fourth-order valence-corrected chi connectivity index (χ4v) is 4.18. The molecule has 0 saturated heterocycles. The van der Waals surface area contributed by atoms with Crippen LogP contribution in [0.2, 0.25) is 0 Å². The summed E-state index contributed by atoms with van der Waals surface area (Å²) in [6.45, 7) is 1.04. The first-order valence-corrected chi connectivity index (χ1v) is 7.47. The molecule has 19 heavy (non-hydrogen) atoms. The van der Waals surface area contributed by atoms with Crippen molar-refractivity contribution in [2.75, 3.05) is 0 Å². The van der Waals surface area contributed by atoms with Crippen molar-refractivity contribution >= 4 is 0 Å². The lowest BCUT2D eigenvalue weighted by molar-refractivity contribution is -0.702. The van der Waals surface area contributed by atoms with Crippen LogP contribution in [-0.2, 0) is 12.0 Å². The van der Waals surface area contributed by atoms with Gasteiger partial charge in [-0.3, -0.25) is 0 Å². The third kappa shape index (κ3) is 1.57. The van der Waals surface area contributed by atoms with Crippen molar-refractivity contribution < 1.29 is 4.57 Å². The molecule has 0 unspecified atom stereocenters. The average Bonchev–Trinajstić information content (AvgIpc) is 2.49. The van der Waals surface area contributed by atoms with Crippen molar-refractivity contribution in [3.8, 4) is 0 Å². The summed E-state index contributed by atoms with van der Waals surface area (Å²) in [5, 5.41) is 0. The highest BCUT2D eigenvalue weighted by molar-refractivity contribution is 5.42. The number of nitrogens with zero attached hydrogens (tertiary/aromatic N) is 1. The molecule has 1 aromatic heterocycles. The van der Waals surface area contributed by atoms with E-state index in [1.165, 1.54) is 43.4 Å². The summed E-state index contributed by atoms with van der Waals surface area (Å²) in [5.41, 5.74) is 4.94. The van der Waals surface area contributed by atoms with Gasteiger partial charge in [-0.2, -0.15) is 4.57 Å². The summed E-state index contributed by atoms with van der Waals surface area (Å²) in [7, 11) is 0. The minimum atomic E-state index is 0.286. The number of rotatable bonds is 0. The molecule has 1 aliphatic carbocycles. The lowest BCUT2D eigenvalue weighted by atomic mass is 9.64. The number of aromatic nitrogens is 1. The van der Waals surface area contributed by atoms with Gasteiger partial charge in [0.05, 0.1) is 5.41 Å². The molecule has 0 radical (unpaired) electrons. The number of benzene rings is 1. The molecule has 1 fully saturated rings. The van der Waals surface area contributed by atoms with Crippen molar-refractivity contribution in [2.45, 2.75) is 44.1 Å². The molecular formula is C18H20N+. The standard InChI is InChI=1S/C18H20N/c1-5-11-18(12-6-1)16-9-3-2-8-15(16)14-19-13-7-4-10-17(18)19/h2-4,7-10,13H,1,5-6,11-12,14H2/q+1. The van der Waals surface area contributed by atoms with E-state index in [1.807, 2.05) is 0 Å². The monoisotopic (exact) mass is 250 g/mol. The van der Waals surface area contributed by atoms with Crippen LogP contribution in [0.1, 0.15) is 48.9 Å². The Hall–Kier alpha value is -1.63. The van der Waals surface area contributed by atoms with E-state index < -0.39 is 0 Å². The van der Waals surface area contributed by atoms with Crippen molar-refractivity contribution in [2.24, 2.45) is 0 Å². The molecule has 0 amide bonds. The minimum absolute atomic E-state index is 0.286. The number of fused-ring (bicyclic) bond motifs is 4. The second-order valence-electron chi connectivity index (χ2n) is 6.01. The van der Waals surface area contributed by atoms with Crippen LogP contribution in [0.5, 0.6) is 0 Å². The molecule has 1 aliphatic heterocycles. The van der Waals surface area contributed by atoms with E-state index >= 15 is 0 Å². The van der Waals surface area contributed by atoms with Gasteiger partial charge in [-0.25, -0.2) is 0 Å². The summed E-state index contributed by atoms with van der Waals surface area (Å²) in [5.74, 6) is 0. The molecule has 2 heterocycles. The summed E-state index contributed by atoms with van der Waals surface area (Å²) < 4.78 is 2.47. The van der Waals surface area contributed by atoms with Gasteiger partial charge in [0.15, 0.2) is 18.4 Å². The van der Waals surface area contributed by atoms with Gasteiger partial charge in [0, 0.05) is 17.7 Å². The number of hydrogen-bond acceptors (Lipinski definition) is 0. The Bertz CT molecular complexity index is 561. The zero-order chi connectivity index (χ0) is 12.7. The second-order valence-corrected chi connectivity index (χ2v) is 6.01. The lowest BCUT2D eigenvalue weighted by Gasteiger charge is -2.39. The van der Waals surface area contributed by atoms with Crippen LogP contribution in [-0.4, -0.2) is 0 Å². The highest BCUT2D eigenvalue weighted by atomic mass is 15.0. The SMILES string of the molecule is c1ccc2c(c1)C[n+]1ccccc1C21CCCCC1. The Kier molecular flexibility index (Phi) is 2.48. The van der Waals surface area contributed by atoms with Gasteiger partial charge in [0.1, 0.15) is 0 Å². The summed E-state index contributed by atoms with van der Waals surface area (Å²) in [6.07, 6.45) is 9.01. The molecule has 1 spiro atoms. The van der Waals surface area contributed by atoms with Crippen molar-refractivity contribution in [3.05, 3.63) is 65.5 Å². The first kappa shape index (κ1) is 11.2. The Morgan fingerprint density at radius 3 is 2.53 bits per heavy atom. The smallest absolute Gasteiger partial charge is 0.192 e. The van der Waals surface area contributed by atoms with Crippen molar-refractivity contribution in [1.29, 1.82) is 0 Å². The maximum Gasteiger partial charge on any atom is 0.192 e. The second kappa shape index (κ2) is 4.19. The van der Waals surface area contributed by atoms with Crippen molar-refractivity contribution in [1.82, 2.24) is 0 Å². The van der Waals surface area contributed by atoms with Crippen LogP contribution in [0.3, 0.4) is 0 Å². The summed E-state index contributed by atoms with van der Waals surface area (Å²) >= 11 is 0. The molecule has 2 aromatic rings. The van der Waals surface area contributed by atoms with E-state index in [-0.39, 0.29) is 5.41 Å². The van der Waals surface area contributed by atoms with Gasteiger partial charge in [-0.15, -0.1) is 0 Å². The Labute approximate surface area is 114 Å². The fraction of sp³-hybridized carbons (Fsp3) is 0.389. The lowest BCUT2D eigenvalue weighted by Crippen LogP contribution is -2.51. The molecule has 4 rings (SSSR count). The zero-order valence-electron chi connectivity index (χ0n) is 11.3. The van der Waals surface area contributed by atoms with Gasteiger partial charge in [0.25, 0.3) is 0 Å². The van der Waals surface area contributed by atoms with Gasteiger partial charge in [-0.1, -0.05) is 49.6 Å². The maximum absolute atomic E-state index is 2.47. The van der Waals surface area contributed by atoms with Crippen LogP contribution in [0.15, 0.2) is 48.7 Å². The molecule has 1 aromatic carbocycles. The highest BCUT2D eigenvalue weighted by Gasteiger charge is 2.46. The van der Waals surface area contributed by atoms with Gasteiger partial charge >= 0.3 is 0 Å². The van der Waals surface area contributed by atoms with Crippen LogP contribution >= 0.6 is 0 Å². The molecule has 96 valence electrons. The zero-order valence-corrected chi connectivity index (χ0v) is 11.3. The van der Waals surface area contributed by atoms with Crippen LogP contribution in [0.25, 0.3) is 0 Å². The van der Waals surface area contributed by atoms with E-state index in [0.717, 1.165) is 6.54 Å². The minimum Gasteiger partial charge on any atom is -0.197 e. The Morgan fingerprint density at radius 1 is 0.842 bits per heavy atom. The number of hydrogen-bond donors (Lipinski definition) is 0. The quantitative estimate of drug-likeness (QED) is 0.629. The van der Waals surface area contributed by atoms with E-state index in [4.69, 9.17) is 0 Å². The van der Waals surface area contributed by atoms with Crippen molar-refractivity contribution in [3.63, 3.8) is 0 Å². The van der Waals surface area contributed by atoms with E-state index in [2.05, 4.69) is 53.2 Å². The highest BCUT2D eigenvalue weighted by Crippen LogP contribution is 2.46. The molecule has 1 saturated carbocycles. The van der Waals surface area contributed by atoms with E-state index in [0.29, 0.717) is 0 Å². The predicted molar refractivity (Wildman–Crippen MR) is 76.0 cm³/mol. The van der Waals surface area contributed by atoms with Crippen LogP contribution < -0.4 is 4.57 Å². The molecular weight excluding hydrogens is 230 g/mol. The van der Waals surface area contributed by atoms with E-state index in [9.17, 15) is 0 Å². The van der Waals surface area contributed by atoms with E-state index in [1.54, 1.807) is 5.56 Å². The first-order valence-electron chi connectivity index (χ1n) is 7.47. The average molecular weight is 250 g/mol. The molecule has 0 atom stereocenters. The van der Waals surface area contributed by atoms with Gasteiger partial charge in [0.2, 0.25) is 0 Å². The molecule has 1 heteroatoms. The topological polar surface area (TPSA) is 3.88 Å². The Balaban J connectivity index is 1.98.